The first kappa shape index (κ1) is 17.9. The summed E-state index contributed by atoms with van der Waals surface area (Å²) in [6, 6.07) is 1.16. The van der Waals surface area contributed by atoms with Gasteiger partial charge in [-0.05, 0) is 12.5 Å². The third-order valence-corrected chi connectivity index (χ3v) is 5.63. The predicted molar refractivity (Wildman–Crippen MR) is 90.6 cm³/mol. The zero-order valence-electron chi connectivity index (χ0n) is 13.7. The summed E-state index contributed by atoms with van der Waals surface area (Å²) in [7, 11) is -4.46. The quantitative estimate of drug-likeness (QED) is 0.669. The number of H-pyrrole nitrogens is 1. The molecule has 0 spiro atoms. The van der Waals surface area contributed by atoms with E-state index in [2.05, 4.69) is 29.9 Å². The molecule has 0 amide bonds. The molecule has 0 bridgehead atoms. The van der Waals surface area contributed by atoms with Crippen LogP contribution in [-0.2, 0) is 10.0 Å². The van der Waals surface area contributed by atoms with Gasteiger partial charge in [-0.1, -0.05) is 0 Å². The normalized spacial score (nSPS) is 18.6. The minimum Gasteiger partial charge on any atom is -0.354 e. The Morgan fingerprint density at radius 2 is 2.11 bits per heavy atom. The number of hydrogen-bond donors (Lipinski definition) is 2. The Bertz CT molecular complexity index is 1100. The van der Waals surface area contributed by atoms with Crippen molar-refractivity contribution in [2.24, 2.45) is 0 Å². The summed E-state index contributed by atoms with van der Waals surface area (Å²) in [6.45, 7) is 0.622. The Hall–Kier alpha value is -2.54. The van der Waals surface area contributed by atoms with E-state index < -0.39 is 28.0 Å². The number of anilines is 1. The molecule has 1 saturated heterocycles. The van der Waals surface area contributed by atoms with E-state index in [9.17, 15) is 21.6 Å². The molecule has 9 nitrogen and oxygen atoms in total. The summed E-state index contributed by atoms with van der Waals surface area (Å²) in [5.41, 5.74) is 0.938. The number of hydrogen-bond acceptors (Lipinski definition) is 7. The summed E-state index contributed by atoms with van der Waals surface area (Å²) >= 11 is 0. The van der Waals surface area contributed by atoms with Gasteiger partial charge in [-0.2, -0.15) is 13.2 Å². The molecule has 0 aliphatic carbocycles. The van der Waals surface area contributed by atoms with Gasteiger partial charge in [0.1, 0.15) is 12.1 Å². The lowest BCUT2D eigenvalue weighted by molar-refractivity contribution is -0.106. The van der Waals surface area contributed by atoms with E-state index in [-0.39, 0.29) is 6.54 Å². The van der Waals surface area contributed by atoms with Crippen molar-refractivity contribution in [1.82, 2.24) is 29.9 Å². The molecule has 1 atom stereocenters. The predicted octanol–water partition coefficient (Wildman–Crippen LogP) is 0.962. The maximum Gasteiger partial charge on any atom is 0.404 e. The van der Waals surface area contributed by atoms with Crippen LogP contribution in [0.25, 0.3) is 22.1 Å². The van der Waals surface area contributed by atoms with E-state index in [1.165, 1.54) is 6.33 Å². The lowest BCUT2D eigenvalue weighted by Crippen LogP contribution is -2.41. The van der Waals surface area contributed by atoms with Crippen LogP contribution in [0.4, 0.5) is 19.0 Å². The average molecular weight is 401 g/mol. The summed E-state index contributed by atoms with van der Waals surface area (Å²) in [5.74, 6) is -1.36. The number of nitrogens with one attached hydrogen (secondary N) is 2. The second kappa shape index (κ2) is 6.27. The zero-order chi connectivity index (χ0) is 19.2. The van der Waals surface area contributed by atoms with Gasteiger partial charge in [0.05, 0.1) is 5.39 Å². The van der Waals surface area contributed by atoms with Gasteiger partial charge in [-0.25, -0.2) is 23.1 Å². The van der Waals surface area contributed by atoms with Gasteiger partial charge in [-0.3, -0.25) is 0 Å². The Labute approximate surface area is 151 Å². The van der Waals surface area contributed by atoms with Crippen LogP contribution in [0.15, 0.2) is 18.6 Å². The van der Waals surface area contributed by atoms with Crippen LogP contribution in [0.1, 0.15) is 6.42 Å². The van der Waals surface area contributed by atoms with Crippen LogP contribution in [-0.4, -0.2) is 64.6 Å². The first-order valence-electron chi connectivity index (χ1n) is 7.98. The van der Waals surface area contributed by atoms with E-state index >= 15 is 0 Å². The number of halogens is 3. The Morgan fingerprint density at radius 1 is 1.30 bits per heavy atom. The Kier molecular flexibility index (Phi) is 4.14. The lowest BCUT2D eigenvalue weighted by atomic mass is 10.2. The maximum absolute atomic E-state index is 12.4. The van der Waals surface area contributed by atoms with Gasteiger partial charge >= 0.3 is 6.18 Å². The molecule has 1 aliphatic rings. The summed E-state index contributed by atoms with van der Waals surface area (Å²) < 4.78 is 62.7. The molecule has 144 valence electrons. The fraction of sp³-hybridized carbons (Fsp3) is 0.429. The number of rotatable bonds is 4. The number of aromatic amines is 1. The van der Waals surface area contributed by atoms with Gasteiger partial charge in [0, 0.05) is 30.7 Å². The number of fused-ring (bicyclic) bond motifs is 3. The molecule has 4 heterocycles. The highest BCUT2D eigenvalue weighted by Gasteiger charge is 2.37. The van der Waals surface area contributed by atoms with Crippen molar-refractivity contribution in [3.8, 4) is 0 Å². The average Bonchev–Trinajstić information content (AvgIpc) is 3.20. The fourth-order valence-electron chi connectivity index (χ4n) is 3.23. The van der Waals surface area contributed by atoms with Gasteiger partial charge < -0.3 is 9.88 Å². The van der Waals surface area contributed by atoms with E-state index in [0.717, 1.165) is 5.39 Å². The minimum atomic E-state index is -4.79. The molecule has 1 unspecified atom stereocenters. The highest BCUT2D eigenvalue weighted by Crippen LogP contribution is 2.30. The van der Waals surface area contributed by atoms with E-state index in [1.807, 2.05) is 0 Å². The molecule has 27 heavy (non-hydrogen) atoms. The molecule has 2 N–H and O–H groups in total. The smallest absolute Gasteiger partial charge is 0.354 e. The van der Waals surface area contributed by atoms with Gasteiger partial charge in [0.2, 0.25) is 10.0 Å². The molecule has 1 aliphatic heterocycles. The highest BCUT2D eigenvalue weighted by atomic mass is 32.2. The standard InChI is InChI=1S/C14H14F3N7O2S/c15-14(16,17)6-27(25,26)23-8-2-4-24(5-8)13-10-9-1-3-18-11(9)21-22-12(10)19-7-20-13/h1,3,7-8,23H,2,4-6H2,(H,18,21). The molecule has 13 heteroatoms. The van der Waals surface area contributed by atoms with Crippen LogP contribution >= 0.6 is 0 Å². The van der Waals surface area contributed by atoms with E-state index in [0.29, 0.717) is 35.5 Å². The third kappa shape index (κ3) is 3.64. The van der Waals surface area contributed by atoms with Crippen molar-refractivity contribution in [3.63, 3.8) is 0 Å². The van der Waals surface area contributed by atoms with Crippen molar-refractivity contribution in [3.05, 3.63) is 18.6 Å². The number of aromatic nitrogens is 5. The summed E-state index contributed by atoms with van der Waals surface area (Å²) in [6.07, 6.45) is -1.40. The van der Waals surface area contributed by atoms with Crippen LogP contribution in [0, 0.1) is 0 Å². The van der Waals surface area contributed by atoms with Crippen LogP contribution in [0.2, 0.25) is 0 Å². The van der Waals surface area contributed by atoms with Crippen LogP contribution in [0.5, 0.6) is 0 Å². The second-order valence-corrected chi connectivity index (χ2v) is 8.01. The van der Waals surface area contributed by atoms with Gasteiger partial charge in [0.25, 0.3) is 0 Å². The maximum atomic E-state index is 12.4. The first-order chi connectivity index (χ1) is 12.7. The number of sulfonamides is 1. The lowest BCUT2D eigenvalue weighted by Gasteiger charge is -2.19. The molecule has 0 aromatic carbocycles. The van der Waals surface area contributed by atoms with Crippen LogP contribution < -0.4 is 9.62 Å². The SMILES string of the molecule is O=S(=O)(CC(F)(F)F)NC1CCN(c2ncnc3nnc4[nH]ccc4c23)C1. The van der Waals surface area contributed by atoms with Crippen molar-refractivity contribution >= 4 is 37.9 Å². The minimum absolute atomic E-state index is 0.192. The molecule has 0 radical (unpaired) electrons. The van der Waals surface area contributed by atoms with E-state index in [1.54, 1.807) is 17.2 Å². The van der Waals surface area contributed by atoms with Gasteiger partial charge in [-0.15, -0.1) is 10.2 Å². The fourth-order valence-corrected chi connectivity index (χ4v) is 4.44. The summed E-state index contributed by atoms with van der Waals surface area (Å²) in [5, 5.41) is 9.47. The Morgan fingerprint density at radius 3 is 2.89 bits per heavy atom. The monoisotopic (exact) mass is 401 g/mol. The van der Waals surface area contributed by atoms with Gasteiger partial charge in [0.15, 0.2) is 17.0 Å². The third-order valence-electron chi connectivity index (χ3n) is 4.23. The zero-order valence-corrected chi connectivity index (χ0v) is 14.5. The summed E-state index contributed by atoms with van der Waals surface area (Å²) in [4.78, 5) is 13.1. The topological polar surface area (TPSA) is 117 Å². The molecule has 3 aromatic heterocycles. The largest absolute Gasteiger partial charge is 0.404 e. The first-order valence-corrected chi connectivity index (χ1v) is 9.63. The van der Waals surface area contributed by atoms with Crippen molar-refractivity contribution < 1.29 is 21.6 Å². The molecule has 3 aromatic rings. The molecule has 4 rings (SSSR count). The van der Waals surface area contributed by atoms with Crippen molar-refractivity contribution in [2.45, 2.75) is 18.6 Å². The highest BCUT2D eigenvalue weighted by molar-refractivity contribution is 7.89. The van der Waals surface area contributed by atoms with Crippen molar-refractivity contribution in [2.75, 3.05) is 23.7 Å². The molecular weight excluding hydrogens is 387 g/mol. The Balaban J connectivity index is 1.60. The van der Waals surface area contributed by atoms with E-state index in [4.69, 9.17) is 0 Å². The molecule has 0 saturated carbocycles. The molecule has 1 fully saturated rings. The second-order valence-electron chi connectivity index (χ2n) is 6.26. The van der Waals surface area contributed by atoms with Crippen LogP contribution in [0.3, 0.4) is 0 Å². The number of alkyl halides is 3. The molecular formula is C14H14F3N7O2S. The number of nitrogens with zero attached hydrogens (tertiary/aromatic N) is 5. The van der Waals surface area contributed by atoms with Crippen molar-refractivity contribution in [1.29, 1.82) is 0 Å².